The number of aliphatic hydroxyl groups excluding tert-OH is 1. The van der Waals surface area contributed by atoms with Crippen LogP contribution in [0.1, 0.15) is 44.7 Å². The number of hydrogen-bond acceptors (Lipinski definition) is 8. The number of H-pyrrole nitrogens is 1. The monoisotopic (exact) mass is 390 g/mol. The molecule has 0 aromatic carbocycles. The normalized spacial score (nSPS) is 18.9. The molecule has 1 amide bonds. The van der Waals surface area contributed by atoms with Crippen molar-refractivity contribution in [3.8, 4) is 5.88 Å². The van der Waals surface area contributed by atoms with Crippen LogP contribution in [0.15, 0.2) is 18.5 Å². The van der Waals surface area contributed by atoms with E-state index in [2.05, 4.69) is 30.8 Å². The van der Waals surface area contributed by atoms with Crippen LogP contribution in [0.2, 0.25) is 0 Å². The van der Waals surface area contributed by atoms with Gasteiger partial charge in [0.15, 0.2) is 11.6 Å². The lowest BCUT2D eigenvalue weighted by molar-refractivity contribution is 0.0981. The second-order valence-electron chi connectivity index (χ2n) is 6.98. The van der Waals surface area contributed by atoms with Crippen molar-refractivity contribution in [2.45, 2.75) is 51.2 Å². The number of aromatic nitrogens is 4. The van der Waals surface area contributed by atoms with Crippen LogP contribution in [0.3, 0.4) is 0 Å². The Morgan fingerprint density at radius 2 is 2.21 bits per heavy atom. The number of nitrogens with zero attached hydrogens (tertiary/aromatic N) is 3. The van der Waals surface area contributed by atoms with Crippen LogP contribution in [0.5, 0.6) is 5.88 Å². The molecule has 28 heavy (non-hydrogen) atoms. The summed E-state index contributed by atoms with van der Waals surface area (Å²) in [5, 5.41) is 21.9. The quantitative estimate of drug-likeness (QED) is 0.538. The number of amides is 1. The van der Waals surface area contributed by atoms with E-state index in [0.29, 0.717) is 17.5 Å². The van der Waals surface area contributed by atoms with Gasteiger partial charge in [-0.1, -0.05) is 0 Å². The molecule has 1 fully saturated rings. The molecule has 1 aliphatic carbocycles. The fourth-order valence-corrected chi connectivity index (χ4v) is 3.12. The molecular formula is C18H26N6O4. The number of anilines is 2. The highest BCUT2D eigenvalue weighted by molar-refractivity contribution is 5.67. The Bertz CT molecular complexity index is 781. The first-order chi connectivity index (χ1) is 13.5. The fraction of sp³-hybridized carbons (Fsp3) is 0.556. The van der Waals surface area contributed by atoms with Crippen molar-refractivity contribution in [2.24, 2.45) is 0 Å². The van der Waals surface area contributed by atoms with E-state index in [1.165, 1.54) is 6.20 Å². The smallest absolute Gasteiger partial charge is 0.407 e. The van der Waals surface area contributed by atoms with Crippen molar-refractivity contribution >= 4 is 17.7 Å². The van der Waals surface area contributed by atoms with Gasteiger partial charge >= 0.3 is 6.09 Å². The zero-order valence-corrected chi connectivity index (χ0v) is 16.0. The molecule has 1 saturated carbocycles. The lowest BCUT2D eigenvalue weighted by atomic mass is 10.0. The SMILES string of the molecule is CC(C)NC(=O)O[C@@H]1CC[C@H](c2cc(Nc3cncc(OCCO)n3)n[nH]2)C1. The molecule has 2 atom stereocenters. The molecule has 0 spiro atoms. The summed E-state index contributed by atoms with van der Waals surface area (Å²) in [6.45, 7) is 3.87. The number of carbonyl (C=O) groups is 1. The van der Waals surface area contributed by atoms with Crippen LogP contribution in [-0.4, -0.2) is 56.7 Å². The van der Waals surface area contributed by atoms with Crippen LogP contribution in [0.4, 0.5) is 16.4 Å². The predicted octanol–water partition coefficient (Wildman–Crippen LogP) is 2.09. The number of aromatic amines is 1. The molecule has 10 heteroatoms. The molecule has 1 aliphatic rings. The number of rotatable bonds is 8. The highest BCUT2D eigenvalue weighted by Crippen LogP contribution is 2.36. The first-order valence-corrected chi connectivity index (χ1v) is 9.38. The Kier molecular flexibility index (Phi) is 6.64. The second kappa shape index (κ2) is 9.36. The van der Waals surface area contributed by atoms with Crippen molar-refractivity contribution in [2.75, 3.05) is 18.5 Å². The zero-order chi connectivity index (χ0) is 19.9. The molecular weight excluding hydrogens is 364 g/mol. The molecule has 2 heterocycles. The minimum atomic E-state index is -0.366. The standard InChI is InChI=1S/C18H26N6O4/c1-11(2)20-18(26)28-13-4-3-12(7-13)14-8-15(24-23-14)21-16-9-19-10-17(22-16)27-6-5-25/h8-13,25H,3-7H2,1-2H3,(H,20,26)(H2,21,22,23,24)/t12-,13+/m0/s1. The number of aliphatic hydroxyl groups is 1. The Balaban J connectivity index is 1.54. The van der Waals surface area contributed by atoms with E-state index in [1.54, 1.807) is 6.20 Å². The molecule has 0 saturated heterocycles. The predicted molar refractivity (Wildman–Crippen MR) is 102 cm³/mol. The Morgan fingerprint density at radius 1 is 1.36 bits per heavy atom. The summed E-state index contributed by atoms with van der Waals surface area (Å²) in [7, 11) is 0. The van der Waals surface area contributed by atoms with E-state index in [9.17, 15) is 4.79 Å². The van der Waals surface area contributed by atoms with Crippen molar-refractivity contribution < 1.29 is 19.4 Å². The molecule has 3 rings (SSSR count). The van der Waals surface area contributed by atoms with E-state index in [1.807, 2.05) is 19.9 Å². The molecule has 4 N–H and O–H groups in total. The third-order valence-electron chi connectivity index (χ3n) is 4.31. The van der Waals surface area contributed by atoms with Crippen LogP contribution in [0, 0.1) is 0 Å². The van der Waals surface area contributed by atoms with Gasteiger partial charge in [-0.15, -0.1) is 0 Å². The average Bonchev–Trinajstić information content (AvgIpc) is 3.29. The first kappa shape index (κ1) is 19.9. The molecule has 2 aromatic rings. The highest BCUT2D eigenvalue weighted by Gasteiger charge is 2.30. The van der Waals surface area contributed by atoms with Crippen LogP contribution < -0.4 is 15.4 Å². The van der Waals surface area contributed by atoms with Crippen molar-refractivity contribution in [3.05, 3.63) is 24.2 Å². The summed E-state index contributed by atoms with van der Waals surface area (Å²) in [5.74, 6) is 1.69. The van der Waals surface area contributed by atoms with Gasteiger partial charge in [0.05, 0.1) is 19.0 Å². The molecule has 152 valence electrons. The Hall–Kier alpha value is -2.88. The molecule has 10 nitrogen and oxygen atoms in total. The first-order valence-electron chi connectivity index (χ1n) is 9.38. The van der Waals surface area contributed by atoms with Gasteiger partial charge in [-0.05, 0) is 33.1 Å². The number of hydrogen-bond donors (Lipinski definition) is 4. The van der Waals surface area contributed by atoms with Gasteiger partial charge in [0.2, 0.25) is 5.88 Å². The van der Waals surface area contributed by atoms with Gasteiger partial charge in [0.1, 0.15) is 12.7 Å². The van der Waals surface area contributed by atoms with E-state index in [0.717, 1.165) is 25.0 Å². The zero-order valence-electron chi connectivity index (χ0n) is 16.0. The van der Waals surface area contributed by atoms with Gasteiger partial charge in [-0.25, -0.2) is 4.79 Å². The Labute approximate surface area is 163 Å². The van der Waals surface area contributed by atoms with Crippen molar-refractivity contribution in [1.29, 1.82) is 0 Å². The lowest BCUT2D eigenvalue weighted by Gasteiger charge is -2.14. The highest BCUT2D eigenvalue weighted by atomic mass is 16.6. The maximum absolute atomic E-state index is 11.8. The van der Waals surface area contributed by atoms with Crippen LogP contribution in [-0.2, 0) is 4.74 Å². The maximum Gasteiger partial charge on any atom is 0.407 e. The summed E-state index contributed by atoms with van der Waals surface area (Å²) in [4.78, 5) is 20.1. The molecule has 0 aliphatic heterocycles. The maximum atomic E-state index is 11.8. The average molecular weight is 390 g/mol. The minimum absolute atomic E-state index is 0.0570. The summed E-state index contributed by atoms with van der Waals surface area (Å²) in [6.07, 6.45) is 5.10. The summed E-state index contributed by atoms with van der Waals surface area (Å²) in [5.41, 5.74) is 0.985. The number of nitrogens with one attached hydrogen (secondary N) is 3. The van der Waals surface area contributed by atoms with Gasteiger partial charge in [0.25, 0.3) is 0 Å². The topological polar surface area (TPSA) is 134 Å². The molecule has 0 bridgehead atoms. The summed E-state index contributed by atoms with van der Waals surface area (Å²) in [6, 6.07) is 1.98. The fourth-order valence-electron chi connectivity index (χ4n) is 3.12. The van der Waals surface area contributed by atoms with E-state index >= 15 is 0 Å². The minimum Gasteiger partial charge on any atom is -0.474 e. The van der Waals surface area contributed by atoms with Gasteiger partial charge < -0.3 is 25.2 Å². The number of carbonyl (C=O) groups excluding carboxylic acids is 1. The largest absolute Gasteiger partial charge is 0.474 e. The van der Waals surface area contributed by atoms with Crippen molar-refractivity contribution in [3.63, 3.8) is 0 Å². The molecule has 0 unspecified atom stereocenters. The molecule has 2 aromatic heterocycles. The summed E-state index contributed by atoms with van der Waals surface area (Å²) < 4.78 is 10.7. The number of alkyl carbamates (subject to hydrolysis) is 1. The Morgan fingerprint density at radius 3 is 3.00 bits per heavy atom. The lowest BCUT2D eigenvalue weighted by Crippen LogP contribution is -2.33. The van der Waals surface area contributed by atoms with Gasteiger partial charge in [0, 0.05) is 23.7 Å². The van der Waals surface area contributed by atoms with Gasteiger partial charge in [-0.3, -0.25) is 10.1 Å². The van der Waals surface area contributed by atoms with E-state index < -0.39 is 0 Å². The van der Waals surface area contributed by atoms with Crippen molar-refractivity contribution in [1.82, 2.24) is 25.5 Å². The van der Waals surface area contributed by atoms with Crippen LogP contribution in [0.25, 0.3) is 0 Å². The third-order valence-corrected chi connectivity index (χ3v) is 4.31. The van der Waals surface area contributed by atoms with E-state index in [4.69, 9.17) is 14.6 Å². The van der Waals surface area contributed by atoms with Crippen LogP contribution >= 0.6 is 0 Å². The number of ether oxygens (including phenoxy) is 2. The van der Waals surface area contributed by atoms with Gasteiger partial charge in [-0.2, -0.15) is 10.1 Å². The van der Waals surface area contributed by atoms with E-state index in [-0.39, 0.29) is 37.4 Å². The third kappa shape index (κ3) is 5.56. The summed E-state index contributed by atoms with van der Waals surface area (Å²) >= 11 is 0. The second-order valence-corrected chi connectivity index (χ2v) is 6.98. The molecule has 0 radical (unpaired) electrons.